The number of anilines is 1. The van der Waals surface area contributed by atoms with Gasteiger partial charge in [0.15, 0.2) is 11.5 Å². The molecule has 9 nitrogen and oxygen atoms in total. The second-order valence-electron chi connectivity index (χ2n) is 4.42. The van der Waals surface area contributed by atoms with Gasteiger partial charge in [0.25, 0.3) is 0 Å². The highest BCUT2D eigenvalue weighted by Crippen LogP contribution is 2.44. The second-order valence-corrected chi connectivity index (χ2v) is 5.84. The van der Waals surface area contributed by atoms with Crippen molar-refractivity contribution < 1.29 is 5.11 Å². The molecule has 3 atom stereocenters. The van der Waals surface area contributed by atoms with Gasteiger partial charge in [-0.25, -0.2) is 15.0 Å². The molecule has 10 heteroatoms. The molecule has 1 aliphatic heterocycles. The van der Waals surface area contributed by atoms with Gasteiger partial charge in [-0.1, -0.05) is 5.11 Å². The number of hydrogen-bond donors (Lipinski definition) is 2. The Bertz CT molecular complexity index is 681. The Morgan fingerprint density at radius 1 is 1.55 bits per heavy atom. The quantitative estimate of drug-likeness (QED) is 0.493. The fourth-order valence-corrected chi connectivity index (χ4v) is 3.75. The van der Waals surface area contributed by atoms with E-state index in [0.29, 0.717) is 23.4 Å². The first-order chi connectivity index (χ1) is 9.74. The number of aromatic nitrogens is 4. The van der Waals surface area contributed by atoms with Gasteiger partial charge in [-0.3, -0.25) is 0 Å². The van der Waals surface area contributed by atoms with E-state index < -0.39 is 0 Å². The smallest absolute Gasteiger partial charge is 0.166 e. The monoisotopic (exact) mass is 292 g/mol. The molecule has 3 heterocycles. The number of aliphatic hydroxyl groups excluding tert-OH is 1. The first-order valence-corrected chi connectivity index (χ1v) is 6.92. The molecule has 0 amide bonds. The zero-order valence-electron chi connectivity index (χ0n) is 10.4. The van der Waals surface area contributed by atoms with Crippen LogP contribution < -0.4 is 5.73 Å². The predicted octanol–water partition coefficient (Wildman–Crippen LogP) is 1.08. The third kappa shape index (κ3) is 2.03. The molecule has 0 unspecified atom stereocenters. The van der Waals surface area contributed by atoms with Gasteiger partial charge in [-0.05, 0) is 12.0 Å². The zero-order valence-corrected chi connectivity index (χ0v) is 11.2. The van der Waals surface area contributed by atoms with Crippen LogP contribution in [0.1, 0.15) is 11.8 Å². The number of rotatable bonds is 3. The summed E-state index contributed by atoms with van der Waals surface area (Å²) >= 11 is 1.54. The fraction of sp³-hybridized carbons (Fsp3) is 0.500. The number of aliphatic hydroxyl groups is 1. The lowest BCUT2D eigenvalue weighted by atomic mass is 10.2. The number of azide groups is 1. The van der Waals surface area contributed by atoms with Gasteiger partial charge >= 0.3 is 0 Å². The first-order valence-electron chi connectivity index (χ1n) is 5.98. The van der Waals surface area contributed by atoms with E-state index in [4.69, 9.17) is 11.3 Å². The number of nitrogen functional groups attached to an aromatic ring is 1. The van der Waals surface area contributed by atoms with E-state index in [9.17, 15) is 5.11 Å². The third-order valence-corrected chi connectivity index (χ3v) is 4.78. The SMILES string of the molecule is [N-]=[N+]=N[C@@H]1C[C@@H](CO)S[C@H]1n1cnc2c(N)ncnc21. The molecule has 3 N–H and O–H groups in total. The summed E-state index contributed by atoms with van der Waals surface area (Å²) in [5, 5.41) is 13.0. The topological polar surface area (TPSA) is 139 Å². The van der Waals surface area contributed by atoms with Crippen LogP contribution in [0.3, 0.4) is 0 Å². The summed E-state index contributed by atoms with van der Waals surface area (Å²) in [5.41, 5.74) is 15.6. The maximum Gasteiger partial charge on any atom is 0.166 e. The molecule has 3 rings (SSSR count). The predicted molar refractivity (Wildman–Crippen MR) is 74.8 cm³/mol. The lowest BCUT2D eigenvalue weighted by Crippen LogP contribution is -2.14. The van der Waals surface area contributed by atoms with E-state index in [2.05, 4.69) is 25.0 Å². The Morgan fingerprint density at radius 2 is 2.40 bits per heavy atom. The van der Waals surface area contributed by atoms with Crippen LogP contribution in [-0.2, 0) is 0 Å². The number of fused-ring (bicyclic) bond motifs is 1. The van der Waals surface area contributed by atoms with Gasteiger partial charge in [-0.2, -0.15) is 0 Å². The summed E-state index contributed by atoms with van der Waals surface area (Å²) in [6.45, 7) is 0.0440. The summed E-state index contributed by atoms with van der Waals surface area (Å²) in [4.78, 5) is 15.2. The highest BCUT2D eigenvalue weighted by atomic mass is 32.2. The Balaban J connectivity index is 2.05. The molecule has 2 aromatic rings. The lowest BCUT2D eigenvalue weighted by molar-refractivity contribution is 0.289. The molecule has 0 radical (unpaired) electrons. The number of imidazole rings is 1. The van der Waals surface area contributed by atoms with Crippen LogP contribution in [0.15, 0.2) is 17.8 Å². The third-order valence-electron chi connectivity index (χ3n) is 3.23. The van der Waals surface area contributed by atoms with Gasteiger partial charge in [0.2, 0.25) is 0 Å². The Hall–Kier alpha value is -2.03. The van der Waals surface area contributed by atoms with Crippen molar-refractivity contribution in [3.63, 3.8) is 0 Å². The van der Waals surface area contributed by atoms with Crippen LogP contribution >= 0.6 is 11.8 Å². The van der Waals surface area contributed by atoms with Gasteiger partial charge in [-0.15, -0.1) is 11.8 Å². The first kappa shape index (κ1) is 13.0. The molecule has 0 spiro atoms. The van der Waals surface area contributed by atoms with Crippen molar-refractivity contribution >= 4 is 28.7 Å². The zero-order chi connectivity index (χ0) is 14.1. The summed E-state index contributed by atoms with van der Waals surface area (Å²) < 4.78 is 1.83. The maximum atomic E-state index is 9.30. The molecule has 0 aromatic carbocycles. The number of nitrogens with zero attached hydrogens (tertiary/aromatic N) is 7. The fourth-order valence-electron chi connectivity index (χ4n) is 2.32. The minimum Gasteiger partial charge on any atom is -0.395 e. The van der Waals surface area contributed by atoms with Crippen molar-refractivity contribution in [2.75, 3.05) is 12.3 Å². The van der Waals surface area contributed by atoms with Crippen LogP contribution in [0.5, 0.6) is 0 Å². The highest BCUT2D eigenvalue weighted by Gasteiger charge is 2.36. The van der Waals surface area contributed by atoms with Gasteiger partial charge in [0.05, 0.1) is 24.3 Å². The average molecular weight is 292 g/mol. The molecule has 104 valence electrons. The summed E-state index contributed by atoms with van der Waals surface area (Å²) in [7, 11) is 0. The lowest BCUT2D eigenvalue weighted by Gasteiger charge is -2.16. The van der Waals surface area contributed by atoms with Crippen molar-refractivity contribution in [1.29, 1.82) is 0 Å². The Kier molecular flexibility index (Phi) is 3.35. The highest BCUT2D eigenvalue weighted by molar-refractivity contribution is 8.00. The summed E-state index contributed by atoms with van der Waals surface area (Å²) in [6.07, 6.45) is 3.62. The van der Waals surface area contributed by atoms with Gasteiger partial charge < -0.3 is 15.4 Å². The van der Waals surface area contributed by atoms with E-state index in [1.54, 1.807) is 18.1 Å². The molecular formula is C10H12N8OS. The van der Waals surface area contributed by atoms with E-state index in [1.165, 1.54) is 6.33 Å². The van der Waals surface area contributed by atoms with Gasteiger partial charge in [0, 0.05) is 10.2 Å². The van der Waals surface area contributed by atoms with Crippen LogP contribution in [0.4, 0.5) is 5.82 Å². The number of thioether (sulfide) groups is 1. The van der Waals surface area contributed by atoms with Crippen LogP contribution in [-0.4, -0.2) is 42.5 Å². The number of nitrogens with two attached hydrogens (primary N) is 1. The van der Waals surface area contributed by atoms with E-state index >= 15 is 0 Å². The Morgan fingerprint density at radius 3 is 3.15 bits per heavy atom. The van der Waals surface area contributed by atoms with Crippen molar-refractivity contribution in [2.24, 2.45) is 5.11 Å². The largest absolute Gasteiger partial charge is 0.395 e. The minimum absolute atomic E-state index is 0.0344. The van der Waals surface area contributed by atoms with E-state index in [1.807, 2.05) is 4.57 Å². The molecule has 0 aliphatic carbocycles. The van der Waals surface area contributed by atoms with Crippen molar-refractivity contribution in [3.8, 4) is 0 Å². The standard InChI is InChI=1S/C10H12N8OS/c11-8-7-9(14-3-13-8)18(4-15-7)10-6(16-17-12)1-5(2-19)20-10/h3-6,10,19H,1-2H2,(H2,11,13,14)/t5-,6+,10+/m0/s1. The van der Waals surface area contributed by atoms with Crippen LogP contribution in [0.2, 0.25) is 0 Å². The molecule has 2 aromatic heterocycles. The molecule has 20 heavy (non-hydrogen) atoms. The van der Waals surface area contributed by atoms with Gasteiger partial charge in [0.1, 0.15) is 11.8 Å². The summed E-state index contributed by atoms with van der Waals surface area (Å²) in [6, 6.07) is -0.254. The molecular weight excluding hydrogens is 280 g/mol. The van der Waals surface area contributed by atoms with Crippen molar-refractivity contribution in [2.45, 2.75) is 23.1 Å². The molecule has 1 fully saturated rings. The maximum absolute atomic E-state index is 9.30. The van der Waals surface area contributed by atoms with Crippen LogP contribution in [0, 0.1) is 0 Å². The Labute approximate surface area is 117 Å². The van der Waals surface area contributed by atoms with Crippen LogP contribution in [0.25, 0.3) is 21.6 Å². The minimum atomic E-state index is -0.254. The number of hydrogen-bond acceptors (Lipinski definition) is 7. The molecule has 1 aliphatic rings. The second kappa shape index (κ2) is 5.16. The summed E-state index contributed by atoms with van der Waals surface area (Å²) in [5.74, 6) is 0.316. The normalized spacial score (nSPS) is 25.8. The van der Waals surface area contributed by atoms with E-state index in [-0.39, 0.29) is 23.3 Å². The van der Waals surface area contributed by atoms with Crippen molar-refractivity contribution in [3.05, 3.63) is 23.1 Å². The van der Waals surface area contributed by atoms with Crippen molar-refractivity contribution in [1.82, 2.24) is 19.5 Å². The van der Waals surface area contributed by atoms with E-state index in [0.717, 1.165) is 0 Å². The molecule has 0 bridgehead atoms. The molecule has 1 saturated heterocycles. The molecule has 0 saturated carbocycles. The average Bonchev–Trinajstić information content (AvgIpc) is 3.03.